The number of nitrogens with zero attached hydrogens (tertiary/aromatic N) is 3. The van der Waals surface area contributed by atoms with Gasteiger partial charge in [0.05, 0.1) is 29.1 Å². The number of nitrogens with one attached hydrogen (secondary N) is 2. The molecule has 0 aliphatic carbocycles. The number of aryl methyl sites for hydroxylation is 1. The molecule has 5 rings (SSSR count). The number of Topliss-reactive ketones (excluding diaryl/α,β-unsaturated/α-hetero) is 1. The summed E-state index contributed by atoms with van der Waals surface area (Å²) < 4.78 is 31.4. The number of amides is 1. The molecule has 0 saturated carbocycles. The Morgan fingerprint density at radius 1 is 1.16 bits per heavy atom. The van der Waals surface area contributed by atoms with E-state index >= 15 is 0 Å². The monoisotopic (exact) mass is 611 g/mol. The average Bonchev–Trinajstić information content (AvgIpc) is 3.58. The van der Waals surface area contributed by atoms with Crippen LogP contribution in [0, 0.1) is 6.92 Å². The lowest BCUT2D eigenvalue weighted by atomic mass is 10.2. The number of benzene rings is 1. The zero-order valence-corrected chi connectivity index (χ0v) is 24.9. The minimum Gasteiger partial charge on any atom is -0.492 e. The first kappa shape index (κ1) is 30.4. The Labute approximate surface area is 252 Å². The molecule has 1 aromatic carbocycles. The first-order valence-corrected chi connectivity index (χ1v) is 15.0. The van der Waals surface area contributed by atoms with Gasteiger partial charge in [0.1, 0.15) is 28.5 Å². The molecule has 3 aromatic heterocycles. The number of carbonyl (C=O) groups excluding carboxylic acids is 2. The number of ketones is 1. The van der Waals surface area contributed by atoms with Gasteiger partial charge in [-0.2, -0.15) is 0 Å². The van der Waals surface area contributed by atoms with E-state index in [2.05, 4.69) is 25.3 Å². The van der Waals surface area contributed by atoms with Gasteiger partial charge in [-0.15, -0.1) is 11.3 Å². The van der Waals surface area contributed by atoms with Gasteiger partial charge in [0.25, 0.3) is 5.91 Å². The Balaban J connectivity index is 1.24. The Morgan fingerprint density at radius 3 is 2.84 bits per heavy atom. The lowest BCUT2D eigenvalue weighted by Crippen LogP contribution is -2.33. The maximum Gasteiger partial charge on any atom is 0.251 e. The third kappa shape index (κ3) is 7.48. The van der Waals surface area contributed by atoms with E-state index in [9.17, 15) is 14.0 Å². The lowest BCUT2D eigenvalue weighted by Gasteiger charge is -2.21. The van der Waals surface area contributed by atoms with Gasteiger partial charge in [0, 0.05) is 49.3 Å². The number of alkyl halides is 1. The molecular weight excluding hydrogens is 577 g/mol. The van der Waals surface area contributed by atoms with Crippen molar-refractivity contribution in [2.75, 3.05) is 31.9 Å². The summed E-state index contributed by atoms with van der Waals surface area (Å²) in [6.45, 7) is 4.98. The molecule has 1 atom stereocenters. The van der Waals surface area contributed by atoms with Gasteiger partial charge in [-0.3, -0.25) is 9.59 Å². The second-order valence-corrected chi connectivity index (χ2v) is 10.9. The van der Waals surface area contributed by atoms with Crippen LogP contribution < -0.4 is 20.3 Å². The highest BCUT2D eigenvalue weighted by molar-refractivity contribution is 7.17. The van der Waals surface area contributed by atoms with Crippen LogP contribution in [0.3, 0.4) is 0 Å². The normalized spacial score (nSPS) is 14.9. The molecule has 13 heteroatoms. The van der Waals surface area contributed by atoms with Crippen molar-refractivity contribution >= 4 is 39.7 Å². The van der Waals surface area contributed by atoms with Crippen molar-refractivity contribution in [3.63, 3.8) is 0 Å². The van der Waals surface area contributed by atoms with E-state index in [4.69, 9.17) is 19.0 Å². The molecule has 1 saturated heterocycles. The van der Waals surface area contributed by atoms with Crippen LogP contribution in [0.25, 0.3) is 21.5 Å². The summed E-state index contributed by atoms with van der Waals surface area (Å²) in [6.07, 6.45) is 3.15. The number of thiophene rings is 1. The summed E-state index contributed by atoms with van der Waals surface area (Å²) in [5.74, 6) is 0.544. The van der Waals surface area contributed by atoms with E-state index < -0.39 is 25.5 Å². The number of rotatable bonds is 14. The Kier molecular flexibility index (Phi) is 10.2. The van der Waals surface area contributed by atoms with Crippen LogP contribution >= 0.6 is 11.3 Å². The molecule has 11 nitrogen and oxygen atoms in total. The largest absolute Gasteiger partial charge is 0.492 e. The number of para-hydroxylation sites is 1. The SMILES string of the molecule is CCOc1cc(-c2cc(NCCn3c(C)cc4cccc(OCF)c43)ncn2)sc1C(=O)CC(=O)NOC1CCCCO1. The maximum atomic E-state index is 13.1. The second kappa shape index (κ2) is 14.4. The van der Waals surface area contributed by atoms with Crippen LogP contribution in [0.15, 0.2) is 42.7 Å². The standard InChI is InChI=1S/C30H34FN5O6S/c1-3-39-24-16-25(43-30(24)22(37)15-27(38)35-42-28-9-4-5-12-40-28)21-14-26(34-18-33-21)32-10-11-36-19(2)13-20-7-6-8-23(29(20)36)41-17-31/h6-8,13-14,16,18,28H,3-5,9-12,15,17H2,1-2H3,(H,35,38)(H,32,33,34). The van der Waals surface area contributed by atoms with Crippen LogP contribution in [0.5, 0.6) is 11.5 Å². The predicted molar refractivity (Wildman–Crippen MR) is 160 cm³/mol. The Hall–Kier alpha value is -4.07. The fourth-order valence-corrected chi connectivity index (χ4v) is 5.93. The van der Waals surface area contributed by atoms with Crippen molar-refractivity contribution in [3.8, 4) is 22.1 Å². The fourth-order valence-electron chi connectivity index (χ4n) is 4.93. The van der Waals surface area contributed by atoms with E-state index in [1.54, 1.807) is 18.2 Å². The first-order chi connectivity index (χ1) is 21.0. The molecule has 0 radical (unpaired) electrons. The minimum atomic E-state index is -0.899. The molecule has 1 aliphatic heterocycles. The maximum absolute atomic E-state index is 13.1. The van der Waals surface area contributed by atoms with Crippen molar-refractivity contribution in [1.82, 2.24) is 20.0 Å². The number of hydrogen-bond donors (Lipinski definition) is 2. The van der Waals surface area contributed by atoms with Gasteiger partial charge in [-0.25, -0.2) is 24.7 Å². The van der Waals surface area contributed by atoms with Crippen molar-refractivity contribution in [3.05, 3.63) is 53.3 Å². The number of anilines is 1. The number of hydrogen-bond acceptors (Lipinski definition) is 10. The van der Waals surface area contributed by atoms with E-state index in [1.165, 1.54) is 17.7 Å². The number of ether oxygens (including phenoxy) is 3. The number of hydroxylamine groups is 1. The fraction of sp³-hybridized carbons (Fsp3) is 0.400. The summed E-state index contributed by atoms with van der Waals surface area (Å²) >= 11 is 1.20. The third-order valence-corrected chi connectivity index (χ3v) is 8.06. The Bertz CT molecular complexity index is 1570. The van der Waals surface area contributed by atoms with Crippen LogP contribution in [0.4, 0.5) is 10.2 Å². The van der Waals surface area contributed by atoms with Gasteiger partial charge in [0.15, 0.2) is 12.1 Å². The summed E-state index contributed by atoms with van der Waals surface area (Å²) in [4.78, 5) is 40.5. The van der Waals surface area contributed by atoms with Gasteiger partial charge in [-0.1, -0.05) is 12.1 Å². The third-order valence-electron chi connectivity index (χ3n) is 6.88. The number of fused-ring (bicyclic) bond motifs is 1. The highest BCUT2D eigenvalue weighted by Gasteiger charge is 2.23. The second-order valence-electron chi connectivity index (χ2n) is 9.88. The highest BCUT2D eigenvalue weighted by atomic mass is 32.1. The van der Waals surface area contributed by atoms with Gasteiger partial charge < -0.3 is 24.1 Å². The van der Waals surface area contributed by atoms with Gasteiger partial charge in [0.2, 0.25) is 6.86 Å². The van der Waals surface area contributed by atoms with Crippen LogP contribution in [-0.2, 0) is 20.9 Å². The number of aromatic nitrogens is 3. The molecule has 2 N–H and O–H groups in total. The summed E-state index contributed by atoms with van der Waals surface area (Å²) in [5, 5.41) is 4.29. The van der Waals surface area contributed by atoms with E-state index in [1.807, 2.05) is 32.0 Å². The molecule has 4 heterocycles. The summed E-state index contributed by atoms with van der Waals surface area (Å²) in [6, 6.07) is 11.1. The van der Waals surface area contributed by atoms with Crippen LogP contribution in [0.2, 0.25) is 0 Å². The molecule has 1 fully saturated rings. The molecule has 4 aromatic rings. The number of carbonyl (C=O) groups is 2. The lowest BCUT2D eigenvalue weighted by molar-refractivity contribution is -0.200. The van der Waals surface area contributed by atoms with E-state index in [0.29, 0.717) is 65.5 Å². The first-order valence-electron chi connectivity index (χ1n) is 14.2. The highest BCUT2D eigenvalue weighted by Crippen LogP contribution is 2.37. The topological polar surface area (TPSA) is 126 Å². The quantitative estimate of drug-likeness (QED) is 0.109. The summed E-state index contributed by atoms with van der Waals surface area (Å²) in [5.41, 5.74) is 4.79. The molecule has 0 bridgehead atoms. The number of halogens is 1. The molecule has 1 unspecified atom stereocenters. The average molecular weight is 612 g/mol. The molecule has 43 heavy (non-hydrogen) atoms. The van der Waals surface area contributed by atoms with E-state index in [-0.39, 0.29) is 5.78 Å². The predicted octanol–water partition coefficient (Wildman–Crippen LogP) is 5.43. The molecular formula is C30H34FN5O6S. The molecule has 0 spiro atoms. The molecule has 1 amide bonds. The smallest absolute Gasteiger partial charge is 0.251 e. The van der Waals surface area contributed by atoms with Gasteiger partial charge >= 0.3 is 0 Å². The zero-order valence-electron chi connectivity index (χ0n) is 24.1. The van der Waals surface area contributed by atoms with Gasteiger partial charge in [-0.05, 0) is 38.8 Å². The van der Waals surface area contributed by atoms with E-state index in [0.717, 1.165) is 29.4 Å². The summed E-state index contributed by atoms with van der Waals surface area (Å²) in [7, 11) is 0. The van der Waals surface area contributed by atoms with Crippen LogP contribution in [0.1, 0.15) is 48.0 Å². The molecule has 1 aliphatic rings. The van der Waals surface area contributed by atoms with Crippen molar-refractivity contribution in [2.24, 2.45) is 0 Å². The Morgan fingerprint density at radius 2 is 2.05 bits per heavy atom. The molecule has 228 valence electrons. The minimum absolute atomic E-state index is 0.329. The van der Waals surface area contributed by atoms with Crippen molar-refractivity contribution in [1.29, 1.82) is 0 Å². The van der Waals surface area contributed by atoms with Crippen LogP contribution in [-0.4, -0.2) is 59.1 Å². The zero-order chi connectivity index (χ0) is 30.2. The van der Waals surface area contributed by atoms with Crippen molar-refractivity contribution < 1.29 is 33.0 Å². The van der Waals surface area contributed by atoms with Crippen molar-refractivity contribution in [2.45, 2.75) is 52.4 Å².